The van der Waals surface area contributed by atoms with Crippen LogP contribution in [0, 0.1) is 0 Å². The Kier molecular flexibility index (Phi) is 5.30. The second-order valence-corrected chi connectivity index (χ2v) is 6.64. The first-order valence-corrected chi connectivity index (χ1v) is 7.98. The zero-order valence-corrected chi connectivity index (χ0v) is 14.0. The fourth-order valence-electron chi connectivity index (χ4n) is 1.88. The number of thiazole rings is 1. The first kappa shape index (κ1) is 15.9. The molecule has 1 aromatic carbocycles. The lowest BCUT2D eigenvalue weighted by molar-refractivity contribution is -0.109. The number of hydrogen-bond acceptors (Lipinski definition) is 6. The predicted octanol–water partition coefficient (Wildman–Crippen LogP) is 3.59. The van der Waals surface area contributed by atoms with E-state index in [2.05, 4.69) is 20.9 Å². The Morgan fingerprint density at radius 2 is 2.29 bits per heavy atom. The Morgan fingerprint density at radius 1 is 1.52 bits per heavy atom. The van der Waals surface area contributed by atoms with Crippen LogP contribution in [0.3, 0.4) is 0 Å². The third kappa shape index (κ3) is 3.59. The van der Waals surface area contributed by atoms with E-state index in [1.54, 1.807) is 12.1 Å². The van der Waals surface area contributed by atoms with Crippen LogP contribution in [0.5, 0.6) is 5.75 Å². The molecule has 1 aromatic heterocycles. The van der Waals surface area contributed by atoms with E-state index in [-0.39, 0.29) is 6.10 Å². The van der Waals surface area contributed by atoms with Crippen LogP contribution in [0.1, 0.15) is 30.1 Å². The van der Waals surface area contributed by atoms with Gasteiger partial charge in [-0.15, -0.1) is 11.3 Å². The van der Waals surface area contributed by atoms with Crippen molar-refractivity contribution in [2.24, 2.45) is 0 Å². The molecule has 5 nitrogen and oxygen atoms in total. The summed E-state index contributed by atoms with van der Waals surface area (Å²) in [6, 6.07) is 3.32. The molecule has 0 unspecified atom stereocenters. The van der Waals surface area contributed by atoms with Gasteiger partial charge in [-0.05, 0) is 34.5 Å². The van der Waals surface area contributed by atoms with Crippen LogP contribution in [-0.2, 0) is 9.53 Å². The molecular weight excluding hydrogens is 358 g/mol. The Bertz CT molecular complexity index is 670. The molecule has 2 aromatic rings. The molecule has 7 heteroatoms. The summed E-state index contributed by atoms with van der Waals surface area (Å²) >= 11 is 4.74. The highest BCUT2D eigenvalue weighted by molar-refractivity contribution is 9.11. The van der Waals surface area contributed by atoms with Crippen molar-refractivity contribution >= 4 is 49.7 Å². The fraction of sp³-hybridized carbons (Fsp3) is 0.357. The Hall–Kier alpha value is -1.47. The van der Waals surface area contributed by atoms with E-state index in [0.29, 0.717) is 33.6 Å². The number of aldehydes is 1. The fourth-order valence-corrected chi connectivity index (χ4v) is 3.33. The highest BCUT2D eigenvalue weighted by atomic mass is 79.9. The highest BCUT2D eigenvalue weighted by Gasteiger charge is 2.17. The molecule has 112 valence electrons. The maximum absolute atomic E-state index is 11.7. The van der Waals surface area contributed by atoms with Crippen molar-refractivity contribution in [1.82, 2.24) is 4.98 Å². The number of aromatic nitrogens is 1. The van der Waals surface area contributed by atoms with Crippen LogP contribution in [0.25, 0.3) is 10.2 Å². The third-order valence-corrected chi connectivity index (χ3v) is 4.42. The van der Waals surface area contributed by atoms with Gasteiger partial charge in [0, 0.05) is 6.42 Å². The Labute approximate surface area is 134 Å². The summed E-state index contributed by atoms with van der Waals surface area (Å²) in [5, 5.41) is 0. The normalized spacial score (nSPS) is 12.1. The first-order valence-electron chi connectivity index (χ1n) is 6.37. The number of methoxy groups -OCH3 is 1. The van der Waals surface area contributed by atoms with Gasteiger partial charge in [0.05, 0.1) is 17.4 Å². The van der Waals surface area contributed by atoms with Crippen LogP contribution in [0.15, 0.2) is 16.0 Å². The molecule has 0 aliphatic carbocycles. The summed E-state index contributed by atoms with van der Waals surface area (Å²) in [6.07, 6.45) is 1.57. The molecule has 0 bridgehead atoms. The number of benzene rings is 1. The molecule has 1 heterocycles. The Morgan fingerprint density at radius 3 is 2.90 bits per heavy atom. The number of nitrogens with zero attached hydrogens (tertiary/aromatic N) is 1. The summed E-state index contributed by atoms with van der Waals surface area (Å²) in [4.78, 5) is 26.8. The van der Waals surface area contributed by atoms with Crippen molar-refractivity contribution in [3.63, 3.8) is 0 Å². The van der Waals surface area contributed by atoms with E-state index >= 15 is 0 Å². The molecule has 0 spiro atoms. The summed E-state index contributed by atoms with van der Waals surface area (Å²) in [6.45, 7) is 1.94. The van der Waals surface area contributed by atoms with E-state index in [1.165, 1.54) is 18.4 Å². The maximum Gasteiger partial charge on any atom is 0.338 e. The molecule has 0 radical (unpaired) electrons. The molecule has 2 rings (SSSR count). The average Bonchev–Trinajstić information content (AvgIpc) is 2.86. The number of rotatable bonds is 6. The predicted molar refractivity (Wildman–Crippen MR) is 84.0 cm³/mol. The lowest BCUT2D eigenvalue weighted by Gasteiger charge is -2.16. The van der Waals surface area contributed by atoms with Gasteiger partial charge < -0.3 is 14.3 Å². The van der Waals surface area contributed by atoms with Crippen LogP contribution < -0.4 is 4.74 Å². The number of hydrogen-bond donors (Lipinski definition) is 0. The standard InChI is InChI=1S/C14H14BrNO4S/c1-3-9(4-5-17)20-10-6-8(13(18)19-2)7-11-12(10)16-14(15)21-11/h5-7,9H,3-4H2,1-2H3/t9-/m1/s1. The van der Waals surface area contributed by atoms with Gasteiger partial charge in [0.15, 0.2) is 3.92 Å². The molecule has 0 saturated carbocycles. The van der Waals surface area contributed by atoms with Gasteiger partial charge in [-0.25, -0.2) is 9.78 Å². The smallest absolute Gasteiger partial charge is 0.338 e. The lowest BCUT2D eigenvalue weighted by atomic mass is 10.2. The van der Waals surface area contributed by atoms with Gasteiger partial charge in [0.2, 0.25) is 0 Å². The van der Waals surface area contributed by atoms with Gasteiger partial charge in [-0.3, -0.25) is 0 Å². The van der Waals surface area contributed by atoms with Crippen LogP contribution in [0.2, 0.25) is 0 Å². The zero-order chi connectivity index (χ0) is 15.4. The SMILES string of the molecule is CC[C@H](CC=O)Oc1cc(C(=O)OC)cc2sc(Br)nc12. The minimum Gasteiger partial charge on any atom is -0.488 e. The van der Waals surface area contributed by atoms with Gasteiger partial charge in [-0.2, -0.15) is 0 Å². The number of ether oxygens (including phenoxy) is 2. The molecule has 0 fully saturated rings. The molecule has 0 aliphatic rings. The van der Waals surface area contributed by atoms with E-state index in [1.807, 2.05) is 6.92 Å². The number of carbonyl (C=O) groups is 2. The monoisotopic (exact) mass is 371 g/mol. The van der Waals surface area contributed by atoms with E-state index in [4.69, 9.17) is 9.47 Å². The van der Waals surface area contributed by atoms with Gasteiger partial charge in [0.1, 0.15) is 23.7 Å². The van der Waals surface area contributed by atoms with Crippen molar-refractivity contribution in [2.75, 3.05) is 7.11 Å². The van der Waals surface area contributed by atoms with Crippen LogP contribution >= 0.6 is 27.3 Å². The number of carbonyl (C=O) groups excluding carboxylic acids is 2. The minimum atomic E-state index is -0.435. The lowest BCUT2D eigenvalue weighted by Crippen LogP contribution is -2.16. The van der Waals surface area contributed by atoms with Crippen molar-refractivity contribution in [2.45, 2.75) is 25.9 Å². The van der Waals surface area contributed by atoms with Crippen molar-refractivity contribution in [1.29, 1.82) is 0 Å². The van der Waals surface area contributed by atoms with Gasteiger partial charge in [-0.1, -0.05) is 6.92 Å². The summed E-state index contributed by atoms with van der Waals surface area (Å²) < 4.78 is 12.1. The largest absolute Gasteiger partial charge is 0.488 e. The van der Waals surface area contributed by atoms with Crippen LogP contribution in [0.4, 0.5) is 0 Å². The molecule has 0 aliphatic heterocycles. The van der Waals surface area contributed by atoms with Crippen molar-refractivity contribution < 1.29 is 19.1 Å². The Balaban J connectivity index is 2.48. The third-order valence-electron chi connectivity index (χ3n) is 2.96. The first-order chi connectivity index (χ1) is 10.1. The molecular formula is C14H14BrNO4S. The molecule has 0 amide bonds. The number of halogens is 1. The minimum absolute atomic E-state index is 0.237. The second-order valence-electron chi connectivity index (χ2n) is 4.33. The van der Waals surface area contributed by atoms with Gasteiger partial charge in [0.25, 0.3) is 0 Å². The van der Waals surface area contributed by atoms with Gasteiger partial charge >= 0.3 is 5.97 Å². The van der Waals surface area contributed by atoms with Crippen molar-refractivity contribution in [3.8, 4) is 5.75 Å². The van der Waals surface area contributed by atoms with Crippen molar-refractivity contribution in [3.05, 3.63) is 21.6 Å². The summed E-state index contributed by atoms with van der Waals surface area (Å²) in [7, 11) is 1.33. The molecule has 0 N–H and O–H groups in total. The quantitative estimate of drug-likeness (QED) is 0.573. The van der Waals surface area contributed by atoms with Crippen LogP contribution in [-0.4, -0.2) is 30.5 Å². The molecule has 1 atom stereocenters. The van der Waals surface area contributed by atoms with E-state index in [9.17, 15) is 9.59 Å². The molecule has 0 saturated heterocycles. The number of esters is 1. The topological polar surface area (TPSA) is 65.5 Å². The zero-order valence-electron chi connectivity index (χ0n) is 11.6. The summed E-state index contributed by atoms with van der Waals surface area (Å²) in [5.74, 6) is 0.0539. The summed E-state index contributed by atoms with van der Waals surface area (Å²) in [5.41, 5.74) is 1.07. The van der Waals surface area contributed by atoms with E-state index < -0.39 is 5.97 Å². The maximum atomic E-state index is 11.7. The average molecular weight is 372 g/mol. The van der Waals surface area contributed by atoms with E-state index in [0.717, 1.165) is 11.0 Å². The highest BCUT2D eigenvalue weighted by Crippen LogP contribution is 2.34. The second kappa shape index (κ2) is 7.00. The molecule has 21 heavy (non-hydrogen) atoms. The number of fused-ring (bicyclic) bond motifs is 1.